The number of hydrogen-bond donors (Lipinski definition) is 4. The Kier molecular flexibility index (Phi) is 8.41. The van der Waals surface area contributed by atoms with Gasteiger partial charge in [-0.25, -0.2) is 8.96 Å². The van der Waals surface area contributed by atoms with Crippen molar-refractivity contribution >= 4 is 31.1 Å². The number of amides is 2. The van der Waals surface area contributed by atoms with Gasteiger partial charge < -0.3 is 25.0 Å². The molecule has 0 spiro atoms. The van der Waals surface area contributed by atoms with E-state index in [0.717, 1.165) is 6.07 Å². The number of phosphoric acid groups is 1. The summed E-state index contributed by atoms with van der Waals surface area (Å²) in [6.45, 7) is 3.08. The molecule has 37 heavy (non-hydrogen) atoms. The number of rotatable bonds is 8. The van der Waals surface area contributed by atoms with Crippen molar-refractivity contribution in [2.24, 2.45) is 7.05 Å². The van der Waals surface area contributed by atoms with Crippen molar-refractivity contribution in [1.29, 1.82) is 0 Å². The molecule has 10 nitrogen and oxygen atoms in total. The van der Waals surface area contributed by atoms with Crippen LogP contribution in [0.1, 0.15) is 44.6 Å². The largest absolute Gasteiger partial charge is 0.469 e. The number of carbonyl (C=O) groups is 3. The van der Waals surface area contributed by atoms with E-state index >= 15 is 0 Å². The normalized spacial score (nSPS) is 13.4. The number of anilines is 1. The lowest BCUT2D eigenvalue weighted by Crippen LogP contribution is -2.50. The van der Waals surface area contributed by atoms with E-state index in [2.05, 4.69) is 21.1 Å². The first-order valence-electron chi connectivity index (χ1n) is 10.2. The number of nitrogens with one attached hydrogen (secondary N) is 2. The molecule has 2 rings (SSSR count). The van der Waals surface area contributed by atoms with E-state index in [1.807, 2.05) is 0 Å². The average molecular weight is 547 g/mol. The number of carbonyl (C=O) groups excluding carboxylic acids is 3. The lowest BCUT2D eigenvalue weighted by molar-refractivity contribution is -0.140. The number of benzene rings is 1. The summed E-state index contributed by atoms with van der Waals surface area (Å²) < 4.78 is 69.0. The van der Waals surface area contributed by atoms with Crippen molar-refractivity contribution in [1.82, 2.24) is 9.88 Å². The first-order chi connectivity index (χ1) is 16.8. The number of terminal acetylenes is 1. The lowest BCUT2D eigenvalue weighted by atomic mass is 10.0. The number of aromatic nitrogens is 1. The summed E-state index contributed by atoms with van der Waals surface area (Å²) in [5, 5.41) is 4.36. The Labute approximate surface area is 208 Å². The Morgan fingerprint density at radius 1 is 1.22 bits per heavy atom. The van der Waals surface area contributed by atoms with Gasteiger partial charge in [0.2, 0.25) is 0 Å². The number of hydrogen-bond acceptors (Lipinski definition) is 5. The summed E-state index contributed by atoms with van der Waals surface area (Å²) in [5.74, 6) is -2.82. The number of nitrogens with zero attached hydrogens (tertiary/aromatic N) is 1. The van der Waals surface area contributed by atoms with Crippen molar-refractivity contribution in [3.8, 4) is 12.3 Å². The molecule has 0 aliphatic carbocycles. The molecule has 2 aromatic rings. The van der Waals surface area contributed by atoms with Gasteiger partial charge in [0.05, 0.1) is 17.7 Å². The van der Waals surface area contributed by atoms with Crippen molar-refractivity contribution in [3.05, 3.63) is 52.1 Å². The molecule has 2 amide bonds. The maximum Gasteiger partial charge on any atom is 0.469 e. The maximum absolute atomic E-state index is 13.6. The fourth-order valence-electron chi connectivity index (χ4n) is 3.39. The first kappa shape index (κ1) is 29.7. The number of ketones is 1. The molecule has 0 bridgehead atoms. The van der Waals surface area contributed by atoms with E-state index < -0.39 is 55.1 Å². The van der Waals surface area contributed by atoms with Gasteiger partial charge in [-0.3, -0.25) is 18.9 Å². The van der Waals surface area contributed by atoms with Gasteiger partial charge >= 0.3 is 14.0 Å². The Morgan fingerprint density at radius 2 is 1.81 bits per heavy atom. The van der Waals surface area contributed by atoms with Crippen molar-refractivity contribution < 1.29 is 50.8 Å². The van der Waals surface area contributed by atoms with Gasteiger partial charge in [-0.05, 0) is 44.5 Å². The van der Waals surface area contributed by atoms with Crippen LogP contribution in [0.25, 0.3) is 0 Å². The number of halogens is 4. The molecule has 0 aliphatic heterocycles. The van der Waals surface area contributed by atoms with E-state index in [1.165, 1.54) is 32.4 Å². The molecular weight excluding hydrogens is 525 g/mol. The molecule has 0 aliphatic rings. The van der Waals surface area contributed by atoms with Crippen LogP contribution in [0.2, 0.25) is 0 Å². The highest BCUT2D eigenvalue weighted by molar-refractivity contribution is 7.46. The predicted molar refractivity (Wildman–Crippen MR) is 122 cm³/mol. The van der Waals surface area contributed by atoms with E-state index in [1.54, 1.807) is 0 Å². The molecule has 0 unspecified atom stereocenters. The molecule has 0 fully saturated rings. The van der Waals surface area contributed by atoms with Gasteiger partial charge in [0.25, 0.3) is 17.6 Å². The minimum atomic E-state index is -5.00. The summed E-state index contributed by atoms with van der Waals surface area (Å²) in [6.07, 6.45) is 0.310. The smallest absolute Gasteiger partial charge is 0.343 e. The Morgan fingerprint density at radius 3 is 2.32 bits per heavy atom. The van der Waals surface area contributed by atoms with Gasteiger partial charge in [-0.2, -0.15) is 13.2 Å². The van der Waals surface area contributed by atoms with Crippen LogP contribution in [-0.2, 0) is 27.1 Å². The second kappa shape index (κ2) is 10.5. The molecule has 0 radical (unpaired) electrons. The summed E-state index contributed by atoms with van der Waals surface area (Å²) >= 11 is 0. The zero-order valence-electron chi connectivity index (χ0n) is 19.9. The average Bonchev–Trinajstić information content (AvgIpc) is 3.00. The third-order valence-corrected chi connectivity index (χ3v) is 5.80. The summed E-state index contributed by atoms with van der Waals surface area (Å²) in [5.41, 5.74) is -3.97. The Bertz CT molecular complexity index is 1360. The van der Waals surface area contributed by atoms with Crippen molar-refractivity contribution in [2.75, 3.05) is 11.9 Å². The quantitative estimate of drug-likeness (QED) is 0.131. The van der Waals surface area contributed by atoms with Crippen LogP contribution >= 0.6 is 7.82 Å². The number of alkyl halides is 3. The maximum atomic E-state index is 13.6. The summed E-state index contributed by atoms with van der Waals surface area (Å²) in [7, 11) is -3.57. The van der Waals surface area contributed by atoms with E-state index in [0.29, 0.717) is 12.1 Å². The van der Waals surface area contributed by atoms with Crippen LogP contribution < -0.4 is 10.6 Å². The van der Waals surface area contributed by atoms with Gasteiger partial charge in [0, 0.05) is 18.4 Å². The molecule has 1 atom stereocenters. The van der Waals surface area contributed by atoms with Crippen molar-refractivity contribution in [2.45, 2.75) is 32.5 Å². The second-order valence-corrected chi connectivity index (χ2v) is 9.40. The molecular formula is C22H22F4N3O7P. The van der Waals surface area contributed by atoms with Crippen LogP contribution in [0.4, 0.5) is 23.2 Å². The highest BCUT2D eigenvalue weighted by atomic mass is 31.2. The highest BCUT2D eigenvalue weighted by Gasteiger charge is 2.36. The second-order valence-electron chi connectivity index (χ2n) is 8.16. The van der Waals surface area contributed by atoms with Crippen LogP contribution in [-0.4, -0.2) is 44.1 Å². The van der Waals surface area contributed by atoms with E-state index in [-0.39, 0.29) is 28.2 Å². The summed E-state index contributed by atoms with van der Waals surface area (Å²) in [6, 6.07) is 1.88. The van der Waals surface area contributed by atoms with Gasteiger partial charge in [0.1, 0.15) is 17.1 Å². The molecule has 200 valence electrons. The monoisotopic (exact) mass is 547 g/mol. The molecule has 4 N–H and O–H groups in total. The molecule has 0 saturated heterocycles. The first-order valence-corrected chi connectivity index (χ1v) is 11.7. The van der Waals surface area contributed by atoms with Gasteiger partial charge in [0.15, 0.2) is 0 Å². The molecule has 15 heteroatoms. The SMILES string of the molecule is C#C[C@@](C)(COP(=O)(O)O)NC(=O)C(=O)c1c(C)c(C(=O)Nc2ccc(F)c(C(F)(F)F)c2)n(C)c1C. The minimum Gasteiger partial charge on any atom is -0.343 e. The predicted octanol–water partition coefficient (Wildman–Crippen LogP) is 2.85. The zero-order valence-corrected chi connectivity index (χ0v) is 20.8. The van der Waals surface area contributed by atoms with Crippen LogP contribution in [0.5, 0.6) is 0 Å². The zero-order chi connectivity index (χ0) is 28.5. The fraction of sp³-hybridized carbons (Fsp3) is 0.318. The topological polar surface area (TPSA) is 147 Å². The molecule has 1 aromatic heterocycles. The molecule has 0 saturated carbocycles. The van der Waals surface area contributed by atoms with E-state index in [4.69, 9.17) is 16.2 Å². The highest BCUT2D eigenvalue weighted by Crippen LogP contribution is 2.37. The number of phosphoric ester groups is 1. The van der Waals surface area contributed by atoms with Crippen LogP contribution in [0.3, 0.4) is 0 Å². The van der Waals surface area contributed by atoms with Crippen LogP contribution in [0, 0.1) is 32.0 Å². The van der Waals surface area contributed by atoms with E-state index in [9.17, 15) is 36.5 Å². The lowest BCUT2D eigenvalue weighted by Gasteiger charge is -2.24. The molecule has 1 aromatic carbocycles. The molecule has 1 heterocycles. The van der Waals surface area contributed by atoms with Crippen LogP contribution in [0.15, 0.2) is 18.2 Å². The minimum absolute atomic E-state index is 0.00434. The van der Waals surface area contributed by atoms with Gasteiger partial charge in [-0.1, -0.05) is 5.92 Å². The Balaban J connectivity index is 2.35. The fourth-order valence-corrected chi connectivity index (χ4v) is 3.82. The summed E-state index contributed by atoms with van der Waals surface area (Å²) in [4.78, 5) is 56.2. The third kappa shape index (κ3) is 6.84. The van der Waals surface area contributed by atoms with Crippen molar-refractivity contribution in [3.63, 3.8) is 0 Å². The number of Topliss-reactive ketones (excluding diaryl/α,β-unsaturated/α-hetero) is 1. The Hall–Kier alpha value is -3.50. The standard InChI is InChI=1S/C22H22F4N3O7P/c1-6-21(4,10-36-37(33,34)35)28-20(32)18(30)16-11(2)17(29(5)12(16)3)19(31)27-13-7-8-15(23)14(9-13)22(24,25)26/h1,7-9H,10H2,2-5H3,(H,27,31)(H,28,32)(H2,33,34,35)/t21-/m0/s1. The van der Waals surface area contributed by atoms with Gasteiger partial charge in [-0.15, -0.1) is 6.42 Å². The third-order valence-electron chi connectivity index (χ3n) is 5.34.